The van der Waals surface area contributed by atoms with E-state index in [1.807, 2.05) is 0 Å². The SMILES string of the molecule is O=[Si](O)O.[Cd]. The Bertz CT molecular complexity index is 29.9. The van der Waals surface area contributed by atoms with Gasteiger partial charge in [0.1, 0.15) is 0 Å². The average Bonchev–Trinajstić information content (AvgIpc) is 0.811. The summed E-state index contributed by atoms with van der Waals surface area (Å²) in [5, 5.41) is 0. The maximum atomic E-state index is 8.74. The Labute approximate surface area is 50.7 Å². The van der Waals surface area contributed by atoms with E-state index in [-0.39, 0.29) is 27.3 Å². The molecule has 0 aromatic carbocycles. The van der Waals surface area contributed by atoms with Gasteiger partial charge in [0.25, 0.3) is 0 Å². The van der Waals surface area contributed by atoms with Crippen molar-refractivity contribution in [2.75, 3.05) is 0 Å². The van der Waals surface area contributed by atoms with Gasteiger partial charge in [0.05, 0.1) is 0 Å². The summed E-state index contributed by atoms with van der Waals surface area (Å²) in [7, 11) is -3.13. The molecule has 0 saturated carbocycles. The van der Waals surface area contributed by atoms with Crippen LogP contribution in [0.4, 0.5) is 0 Å². The molecule has 2 N–H and O–H groups in total. The van der Waals surface area contributed by atoms with Crippen molar-refractivity contribution in [3.63, 3.8) is 0 Å². The second kappa shape index (κ2) is 4.54. The summed E-state index contributed by atoms with van der Waals surface area (Å²) in [5.41, 5.74) is 0. The largest absolute Gasteiger partial charge is 0.761 e. The van der Waals surface area contributed by atoms with Crippen molar-refractivity contribution in [2.45, 2.75) is 0 Å². The molecule has 0 aliphatic heterocycles. The molecule has 0 aliphatic rings. The van der Waals surface area contributed by atoms with Crippen LogP contribution in [-0.2, 0) is 31.8 Å². The summed E-state index contributed by atoms with van der Waals surface area (Å²) in [6.07, 6.45) is 0. The van der Waals surface area contributed by atoms with E-state index in [2.05, 4.69) is 0 Å². The smallest absolute Gasteiger partial charge is 0.511 e. The third kappa shape index (κ3) is 101. The third-order valence-electron chi connectivity index (χ3n) is 0. The summed E-state index contributed by atoms with van der Waals surface area (Å²) in [6.45, 7) is 0. The first-order valence-electron chi connectivity index (χ1n) is 0.651. The first kappa shape index (κ1) is 9.11. The van der Waals surface area contributed by atoms with E-state index in [0.29, 0.717) is 0 Å². The van der Waals surface area contributed by atoms with E-state index < -0.39 is 9.17 Å². The minimum Gasteiger partial charge on any atom is -0.511 e. The molecular weight excluding hydrogens is 188 g/mol. The standard InChI is InChI=1S/Cd.H2O3Si/c;1-4(2)3/h;1-2H. The van der Waals surface area contributed by atoms with E-state index in [4.69, 9.17) is 14.1 Å². The van der Waals surface area contributed by atoms with Crippen LogP contribution in [0.25, 0.3) is 0 Å². The van der Waals surface area contributed by atoms with Gasteiger partial charge in [0, 0.05) is 27.3 Å². The zero-order valence-corrected chi connectivity index (χ0v) is 7.55. The van der Waals surface area contributed by atoms with Gasteiger partial charge in [-0.2, -0.15) is 0 Å². The van der Waals surface area contributed by atoms with Crippen molar-refractivity contribution in [3.8, 4) is 0 Å². The van der Waals surface area contributed by atoms with Crippen LogP contribution in [0.3, 0.4) is 0 Å². The normalized spacial score (nSPS) is 4.80. The zero-order valence-electron chi connectivity index (χ0n) is 2.51. The number of hydrogen-bond acceptors (Lipinski definition) is 1. The fourth-order valence-electron chi connectivity index (χ4n) is 0. The molecule has 0 saturated heterocycles. The van der Waals surface area contributed by atoms with Crippen LogP contribution in [0.1, 0.15) is 0 Å². The van der Waals surface area contributed by atoms with Gasteiger partial charge in [0.15, 0.2) is 0 Å². The summed E-state index contributed by atoms with van der Waals surface area (Å²) < 4.78 is 8.74. The molecule has 0 bridgehead atoms. The van der Waals surface area contributed by atoms with Gasteiger partial charge in [-0.1, -0.05) is 0 Å². The van der Waals surface area contributed by atoms with Crippen molar-refractivity contribution in [3.05, 3.63) is 0 Å². The molecule has 3 nitrogen and oxygen atoms in total. The van der Waals surface area contributed by atoms with Crippen LogP contribution in [-0.4, -0.2) is 18.8 Å². The van der Waals surface area contributed by atoms with Crippen molar-refractivity contribution >= 4 is 9.17 Å². The van der Waals surface area contributed by atoms with Gasteiger partial charge in [0.2, 0.25) is 0 Å². The predicted molar refractivity (Wildman–Crippen MR) is 10.9 cm³/mol. The minimum absolute atomic E-state index is 0. The topological polar surface area (TPSA) is 57.5 Å². The molecule has 0 aromatic heterocycles. The van der Waals surface area contributed by atoms with E-state index in [9.17, 15) is 0 Å². The van der Waals surface area contributed by atoms with Gasteiger partial charge >= 0.3 is 9.17 Å². The molecule has 0 atom stereocenters. The maximum absolute atomic E-state index is 8.74. The molecule has 0 radical (unpaired) electrons. The second-order valence-electron chi connectivity index (χ2n) is 0.283. The van der Waals surface area contributed by atoms with Crippen LogP contribution >= 0.6 is 0 Å². The maximum Gasteiger partial charge on any atom is 0.761 e. The first-order valence-corrected chi connectivity index (χ1v) is 1.95. The number of rotatable bonds is 0. The Morgan fingerprint density at radius 1 is 1.40 bits per heavy atom. The molecule has 0 heterocycles. The average molecular weight is 191 g/mol. The monoisotopic (exact) mass is 192 g/mol. The van der Waals surface area contributed by atoms with Crippen LogP contribution < -0.4 is 0 Å². The molecule has 5 heteroatoms. The van der Waals surface area contributed by atoms with Gasteiger partial charge in [-0.15, -0.1) is 0 Å². The Morgan fingerprint density at radius 3 is 1.40 bits per heavy atom. The van der Waals surface area contributed by atoms with Crippen molar-refractivity contribution in [1.29, 1.82) is 0 Å². The van der Waals surface area contributed by atoms with Gasteiger partial charge < -0.3 is 9.59 Å². The minimum atomic E-state index is -3.13. The van der Waals surface area contributed by atoms with Gasteiger partial charge in [-0.3, -0.25) is 4.46 Å². The van der Waals surface area contributed by atoms with E-state index in [1.165, 1.54) is 0 Å². The molecule has 0 rings (SSSR count). The Kier molecular flexibility index (Phi) is 8.27. The van der Waals surface area contributed by atoms with Gasteiger partial charge in [-0.25, -0.2) is 0 Å². The van der Waals surface area contributed by atoms with E-state index in [1.54, 1.807) is 0 Å². The molecule has 0 aliphatic carbocycles. The number of hydrogen-bond donors (Lipinski definition) is 2. The zero-order chi connectivity index (χ0) is 3.58. The summed E-state index contributed by atoms with van der Waals surface area (Å²) in [4.78, 5) is 14.3. The summed E-state index contributed by atoms with van der Waals surface area (Å²) in [6, 6.07) is 0. The predicted octanol–water partition coefficient (Wildman–Crippen LogP) is -1.62. The van der Waals surface area contributed by atoms with Crippen LogP contribution in [0.2, 0.25) is 0 Å². The fourth-order valence-corrected chi connectivity index (χ4v) is 0. The molecule has 0 amide bonds. The first-order chi connectivity index (χ1) is 1.73. The molecular formula is H2CdO3Si. The Balaban J connectivity index is 0. The summed E-state index contributed by atoms with van der Waals surface area (Å²) >= 11 is 0. The Morgan fingerprint density at radius 2 is 1.40 bits per heavy atom. The molecule has 5 heavy (non-hydrogen) atoms. The quantitative estimate of drug-likeness (QED) is 0.452. The molecule has 26 valence electrons. The second-order valence-corrected chi connectivity index (χ2v) is 0.848. The molecule has 0 spiro atoms. The van der Waals surface area contributed by atoms with Gasteiger partial charge in [-0.05, 0) is 0 Å². The fraction of sp³-hybridized carbons (Fsp3) is 0. The van der Waals surface area contributed by atoms with Crippen molar-refractivity contribution in [1.82, 2.24) is 0 Å². The van der Waals surface area contributed by atoms with Crippen molar-refractivity contribution < 1.29 is 41.4 Å². The Hall–Kier alpha value is 0.539. The van der Waals surface area contributed by atoms with E-state index in [0.717, 1.165) is 0 Å². The molecule has 0 fully saturated rings. The van der Waals surface area contributed by atoms with Crippen LogP contribution in [0.5, 0.6) is 0 Å². The molecule has 0 aromatic rings. The molecule has 0 unspecified atom stereocenters. The van der Waals surface area contributed by atoms with Crippen LogP contribution in [0.15, 0.2) is 0 Å². The van der Waals surface area contributed by atoms with Crippen LogP contribution in [0, 0.1) is 0 Å². The van der Waals surface area contributed by atoms with E-state index >= 15 is 0 Å². The summed E-state index contributed by atoms with van der Waals surface area (Å²) in [5.74, 6) is 0. The third-order valence-corrected chi connectivity index (χ3v) is 0. The van der Waals surface area contributed by atoms with Crippen molar-refractivity contribution in [2.24, 2.45) is 0 Å².